The molecule has 1 heterocycles. The van der Waals surface area contributed by atoms with Gasteiger partial charge in [-0.3, -0.25) is 0 Å². The van der Waals surface area contributed by atoms with Crippen LogP contribution in [0.25, 0.3) is 0 Å². The van der Waals surface area contributed by atoms with Crippen molar-refractivity contribution in [3.63, 3.8) is 0 Å². The fraction of sp³-hybridized carbons (Fsp3) is 0.571. The van der Waals surface area contributed by atoms with E-state index >= 15 is 0 Å². The van der Waals surface area contributed by atoms with Gasteiger partial charge in [0.2, 0.25) is 0 Å². The molecule has 4 heteroatoms. The van der Waals surface area contributed by atoms with E-state index in [0.717, 1.165) is 0 Å². The van der Waals surface area contributed by atoms with Crippen molar-refractivity contribution in [2.24, 2.45) is 0 Å². The summed E-state index contributed by atoms with van der Waals surface area (Å²) in [5, 5.41) is 12.0. The van der Waals surface area contributed by atoms with Crippen molar-refractivity contribution >= 4 is 0 Å². The molecule has 0 radical (unpaired) electrons. The summed E-state index contributed by atoms with van der Waals surface area (Å²) < 4.78 is 4.62. The van der Waals surface area contributed by atoms with Crippen LogP contribution in [0.2, 0.25) is 0 Å². The molecule has 0 aliphatic rings. The van der Waals surface area contributed by atoms with Gasteiger partial charge in [-0.2, -0.15) is 10.2 Å². The highest BCUT2D eigenvalue weighted by atomic mass is 16.5. The number of nitrogens with zero attached hydrogens (tertiary/aromatic N) is 3. The Balaban J connectivity index is 3.01. The predicted molar refractivity (Wildman–Crippen MR) is 37.7 cm³/mol. The van der Waals surface area contributed by atoms with Crippen LogP contribution in [-0.2, 0) is 5.41 Å². The van der Waals surface area contributed by atoms with Crippen molar-refractivity contribution in [2.75, 3.05) is 0 Å². The topological polar surface area (TPSA) is 62.7 Å². The second-order valence-electron chi connectivity index (χ2n) is 3.28. The zero-order valence-electron chi connectivity index (χ0n) is 6.75. The molecule has 11 heavy (non-hydrogen) atoms. The molecule has 0 aliphatic heterocycles. The maximum Gasteiger partial charge on any atom is 0.329 e. The summed E-state index contributed by atoms with van der Waals surface area (Å²) in [7, 11) is 0. The number of rotatable bonds is 0. The summed E-state index contributed by atoms with van der Waals surface area (Å²) in [6.07, 6.45) is 0. The number of aromatic nitrogens is 2. The van der Waals surface area contributed by atoms with Crippen molar-refractivity contribution in [1.82, 2.24) is 10.1 Å². The van der Waals surface area contributed by atoms with E-state index in [1.165, 1.54) is 0 Å². The second-order valence-corrected chi connectivity index (χ2v) is 3.28. The Morgan fingerprint density at radius 3 is 2.36 bits per heavy atom. The van der Waals surface area contributed by atoms with Gasteiger partial charge < -0.3 is 4.52 Å². The molecule has 0 saturated heterocycles. The van der Waals surface area contributed by atoms with E-state index in [9.17, 15) is 0 Å². The third-order valence-corrected chi connectivity index (χ3v) is 1.19. The van der Waals surface area contributed by atoms with E-state index in [4.69, 9.17) is 5.26 Å². The molecule has 0 unspecified atom stereocenters. The zero-order valence-corrected chi connectivity index (χ0v) is 6.75. The molecule has 58 valence electrons. The summed E-state index contributed by atoms with van der Waals surface area (Å²) in [6, 6.07) is 1.78. The minimum Gasteiger partial charge on any atom is -0.323 e. The molecule has 1 rings (SSSR count). The summed E-state index contributed by atoms with van der Waals surface area (Å²) in [4.78, 5) is 3.86. The van der Waals surface area contributed by atoms with E-state index in [0.29, 0.717) is 5.82 Å². The lowest BCUT2D eigenvalue weighted by Gasteiger charge is -2.10. The van der Waals surface area contributed by atoms with Crippen LogP contribution in [0.5, 0.6) is 0 Å². The molecule has 1 aromatic rings. The van der Waals surface area contributed by atoms with E-state index in [-0.39, 0.29) is 11.3 Å². The third-order valence-electron chi connectivity index (χ3n) is 1.19. The second kappa shape index (κ2) is 2.35. The van der Waals surface area contributed by atoms with E-state index in [1.807, 2.05) is 20.8 Å². The fourth-order valence-electron chi connectivity index (χ4n) is 0.574. The first-order valence-corrected chi connectivity index (χ1v) is 3.28. The largest absolute Gasteiger partial charge is 0.329 e. The molecule has 4 nitrogen and oxygen atoms in total. The normalized spacial score (nSPS) is 11.1. The highest BCUT2D eigenvalue weighted by Gasteiger charge is 2.20. The highest BCUT2D eigenvalue weighted by molar-refractivity contribution is 5.08. The first-order chi connectivity index (χ1) is 5.04. The smallest absolute Gasteiger partial charge is 0.323 e. The lowest BCUT2D eigenvalue weighted by molar-refractivity contribution is 0.385. The van der Waals surface area contributed by atoms with Gasteiger partial charge in [-0.25, -0.2) is 0 Å². The Morgan fingerprint density at radius 2 is 2.09 bits per heavy atom. The first-order valence-electron chi connectivity index (χ1n) is 3.28. The predicted octanol–water partition coefficient (Wildman–Crippen LogP) is 1.24. The van der Waals surface area contributed by atoms with Crippen LogP contribution in [0.4, 0.5) is 0 Å². The minimum atomic E-state index is -0.154. The number of nitriles is 1. The minimum absolute atomic E-state index is 0.0231. The van der Waals surface area contributed by atoms with E-state index in [2.05, 4.69) is 14.7 Å². The van der Waals surface area contributed by atoms with Crippen LogP contribution in [0.3, 0.4) is 0 Å². The first kappa shape index (κ1) is 7.73. The maximum atomic E-state index is 8.37. The Hall–Kier alpha value is -1.37. The van der Waals surface area contributed by atoms with E-state index in [1.54, 1.807) is 6.07 Å². The molecule has 0 N–H and O–H groups in total. The summed E-state index contributed by atoms with van der Waals surface area (Å²) in [5.41, 5.74) is -0.154. The fourth-order valence-corrected chi connectivity index (χ4v) is 0.574. The molecular weight excluding hydrogens is 142 g/mol. The Labute approximate surface area is 64.8 Å². The van der Waals surface area contributed by atoms with Crippen molar-refractivity contribution in [3.8, 4) is 6.07 Å². The van der Waals surface area contributed by atoms with Crippen molar-refractivity contribution in [1.29, 1.82) is 5.26 Å². The van der Waals surface area contributed by atoms with Gasteiger partial charge in [-0.05, 0) is 0 Å². The lowest BCUT2D eigenvalue weighted by Crippen LogP contribution is -2.13. The average molecular weight is 151 g/mol. The molecule has 0 aliphatic carbocycles. The van der Waals surface area contributed by atoms with Crippen LogP contribution in [0.15, 0.2) is 4.52 Å². The molecule has 0 amide bonds. The standard InChI is InChI=1S/C7H9N3O/c1-7(2,3)6-9-5(4-8)11-10-6/h1-3H3. The van der Waals surface area contributed by atoms with Crippen molar-refractivity contribution in [3.05, 3.63) is 11.7 Å². The molecule has 1 aromatic heterocycles. The molecular formula is C7H9N3O. The van der Waals surface area contributed by atoms with Crippen LogP contribution < -0.4 is 0 Å². The molecule has 0 spiro atoms. The van der Waals surface area contributed by atoms with Gasteiger partial charge in [0.1, 0.15) is 0 Å². The Kier molecular flexibility index (Phi) is 1.65. The molecule has 0 fully saturated rings. The number of hydrogen-bond donors (Lipinski definition) is 0. The summed E-state index contributed by atoms with van der Waals surface area (Å²) >= 11 is 0. The maximum absolute atomic E-state index is 8.37. The van der Waals surface area contributed by atoms with E-state index < -0.39 is 0 Å². The molecule has 0 atom stereocenters. The van der Waals surface area contributed by atoms with Crippen LogP contribution in [0.1, 0.15) is 32.5 Å². The van der Waals surface area contributed by atoms with Crippen LogP contribution in [-0.4, -0.2) is 10.1 Å². The molecule has 0 aromatic carbocycles. The van der Waals surface area contributed by atoms with Gasteiger partial charge in [0.25, 0.3) is 0 Å². The number of hydrogen-bond acceptors (Lipinski definition) is 4. The van der Waals surface area contributed by atoms with Crippen LogP contribution >= 0.6 is 0 Å². The third kappa shape index (κ3) is 1.55. The summed E-state index contributed by atoms with van der Waals surface area (Å²) in [6.45, 7) is 5.87. The summed E-state index contributed by atoms with van der Waals surface area (Å²) in [5.74, 6) is 0.587. The van der Waals surface area contributed by atoms with Gasteiger partial charge in [-0.1, -0.05) is 25.9 Å². The quantitative estimate of drug-likeness (QED) is 0.559. The van der Waals surface area contributed by atoms with Crippen LogP contribution in [0, 0.1) is 11.3 Å². The SMILES string of the molecule is CC(C)(C)c1noc(C#N)n1. The van der Waals surface area contributed by atoms with Crippen molar-refractivity contribution in [2.45, 2.75) is 26.2 Å². The van der Waals surface area contributed by atoms with Crippen molar-refractivity contribution < 1.29 is 4.52 Å². The Morgan fingerprint density at radius 1 is 1.45 bits per heavy atom. The Bertz CT molecular complexity index is 289. The van der Waals surface area contributed by atoms with Gasteiger partial charge >= 0.3 is 5.89 Å². The van der Waals surface area contributed by atoms with Gasteiger partial charge in [0, 0.05) is 5.41 Å². The molecule has 0 saturated carbocycles. The van der Waals surface area contributed by atoms with Gasteiger partial charge in [-0.15, -0.1) is 0 Å². The molecule has 0 bridgehead atoms. The lowest BCUT2D eigenvalue weighted by atomic mass is 9.96. The van der Waals surface area contributed by atoms with Gasteiger partial charge in [0.05, 0.1) is 0 Å². The zero-order chi connectivity index (χ0) is 8.48. The van der Waals surface area contributed by atoms with Gasteiger partial charge in [0.15, 0.2) is 11.9 Å². The average Bonchev–Trinajstić information content (AvgIpc) is 2.32. The monoisotopic (exact) mass is 151 g/mol. The highest BCUT2D eigenvalue weighted by Crippen LogP contribution is 2.17.